The molecule has 0 atom stereocenters. The Labute approximate surface area is 72.0 Å². The first-order chi connectivity index (χ1) is 5.77. The van der Waals surface area contributed by atoms with Crippen molar-refractivity contribution in [1.29, 1.82) is 0 Å². The second-order valence-corrected chi connectivity index (χ2v) is 3.03. The summed E-state index contributed by atoms with van der Waals surface area (Å²) in [6, 6.07) is 5.50. The molecule has 60 valence electrons. The fraction of sp³-hybridized carbons (Fsp3) is 0.111. The Morgan fingerprint density at radius 1 is 1.42 bits per heavy atom. The van der Waals surface area contributed by atoms with Crippen LogP contribution in [0.5, 0.6) is 5.75 Å². The van der Waals surface area contributed by atoms with Gasteiger partial charge in [0, 0.05) is 11.3 Å². The van der Waals surface area contributed by atoms with Crippen LogP contribution < -0.4 is 5.23 Å². The maximum atomic E-state index is 9.45. The van der Waals surface area contributed by atoms with Gasteiger partial charge < -0.3 is 10.3 Å². The van der Waals surface area contributed by atoms with Crippen molar-refractivity contribution in [2.75, 3.05) is 5.23 Å². The summed E-state index contributed by atoms with van der Waals surface area (Å²) in [7, 11) is 0. The normalized spacial score (nSPS) is 13.9. The van der Waals surface area contributed by atoms with E-state index in [1.54, 1.807) is 6.07 Å². The first-order valence-electron chi connectivity index (χ1n) is 4.04. The lowest BCUT2D eigenvalue weighted by Crippen LogP contribution is -2.20. The third-order valence-electron chi connectivity index (χ3n) is 2.02. The van der Waals surface area contributed by atoms with Gasteiger partial charge in [0.15, 0.2) is 0 Å². The van der Waals surface area contributed by atoms with Crippen molar-refractivity contribution in [2.45, 2.75) is 6.82 Å². The van der Waals surface area contributed by atoms with Gasteiger partial charge in [0.25, 0.3) is 6.85 Å². The Hall–Kier alpha value is -1.38. The standard InChI is InChI=1S/C9H10BNO/c1-10-6-5-7-8(11-10)3-2-4-9(7)12/h2-6,11-12H,1H3. The Morgan fingerprint density at radius 3 is 3.08 bits per heavy atom. The Bertz CT molecular complexity index is 335. The van der Waals surface area contributed by atoms with E-state index in [4.69, 9.17) is 0 Å². The van der Waals surface area contributed by atoms with Crippen molar-refractivity contribution in [3.8, 4) is 5.75 Å². The lowest BCUT2D eigenvalue weighted by Gasteiger charge is -2.17. The third kappa shape index (κ3) is 1.07. The van der Waals surface area contributed by atoms with Gasteiger partial charge in [-0.15, -0.1) is 0 Å². The van der Waals surface area contributed by atoms with E-state index in [-0.39, 0.29) is 0 Å². The van der Waals surface area contributed by atoms with Gasteiger partial charge in [-0.1, -0.05) is 24.9 Å². The summed E-state index contributed by atoms with van der Waals surface area (Å²) < 4.78 is 0. The second-order valence-electron chi connectivity index (χ2n) is 3.03. The van der Waals surface area contributed by atoms with Gasteiger partial charge in [0.1, 0.15) is 5.75 Å². The maximum Gasteiger partial charge on any atom is 0.275 e. The summed E-state index contributed by atoms with van der Waals surface area (Å²) >= 11 is 0. The fourth-order valence-electron chi connectivity index (χ4n) is 1.39. The first-order valence-corrected chi connectivity index (χ1v) is 4.04. The van der Waals surface area contributed by atoms with Gasteiger partial charge in [0.05, 0.1) is 0 Å². The molecule has 0 radical (unpaired) electrons. The number of phenolic OH excluding ortho intramolecular Hbond substituents is 1. The molecule has 0 aliphatic carbocycles. The SMILES string of the molecule is CB1C=Cc2c(O)cccc2N1. The monoisotopic (exact) mass is 159 g/mol. The van der Waals surface area contributed by atoms with Crippen molar-refractivity contribution >= 4 is 18.6 Å². The van der Waals surface area contributed by atoms with Crippen LogP contribution >= 0.6 is 0 Å². The average Bonchev–Trinajstić information content (AvgIpc) is 2.04. The number of hydrogen-bond acceptors (Lipinski definition) is 2. The molecule has 1 aliphatic heterocycles. The zero-order valence-electron chi connectivity index (χ0n) is 6.91. The maximum absolute atomic E-state index is 9.45. The van der Waals surface area contributed by atoms with Crippen LogP contribution in [0.25, 0.3) is 6.08 Å². The van der Waals surface area contributed by atoms with Crippen molar-refractivity contribution in [3.63, 3.8) is 0 Å². The quantitative estimate of drug-likeness (QED) is 0.567. The van der Waals surface area contributed by atoms with Crippen molar-refractivity contribution in [2.24, 2.45) is 0 Å². The van der Waals surface area contributed by atoms with E-state index in [2.05, 4.69) is 12.1 Å². The molecular formula is C9H10BNO. The van der Waals surface area contributed by atoms with Crippen LogP contribution in [-0.2, 0) is 0 Å². The van der Waals surface area contributed by atoms with Crippen molar-refractivity contribution in [1.82, 2.24) is 0 Å². The van der Waals surface area contributed by atoms with Crippen LogP contribution in [0, 0.1) is 0 Å². The predicted molar refractivity (Wildman–Crippen MR) is 52.4 cm³/mol. The zero-order chi connectivity index (χ0) is 8.55. The lowest BCUT2D eigenvalue weighted by atomic mass is 9.63. The fourth-order valence-corrected chi connectivity index (χ4v) is 1.39. The molecule has 0 fully saturated rings. The molecule has 1 aromatic rings. The van der Waals surface area contributed by atoms with E-state index in [9.17, 15) is 5.11 Å². The Balaban J connectivity index is 2.53. The molecule has 0 aromatic heterocycles. The molecule has 1 aromatic carbocycles. The number of phenols is 1. The largest absolute Gasteiger partial charge is 0.507 e. The molecule has 0 bridgehead atoms. The topological polar surface area (TPSA) is 32.3 Å². The summed E-state index contributed by atoms with van der Waals surface area (Å²) in [5, 5.41) is 12.7. The van der Waals surface area contributed by atoms with E-state index in [1.165, 1.54) is 0 Å². The molecule has 0 saturated carbocycles. The molecule has 0 unspecified atom stereocenters. The van der Waals surface area contributed by atoms with Crippen LogP contribution in [-0.4, -0.2) is 12.0 Å². The highest BCUT2D eigenvalue weighted by molar-refractivity contribution is 6.67. The van der Waals surface area contributed by atoms with Crippen LogP contribution in [0.15, 0.2) is 24.2 Å². The van der Waals surface area contributed by atoms with Crippen LogP contribution in [0.2, 0.25) is 6.82 Å². The molecule has 2 rings (SSSR count). The highest BCUT2D eigenvalue weighted by Crippen LogP contribution is 2.29. The van der Waals surface area contributed by atoms with E-state index in [0.717, 1.165) is 11.3 Å². The predicted octanol–water partition coefficient (Wildman–Crippen LogP) is 1.99. The number of fused-ring (bicyclic) bond motifs is 1. The smallest absolute Gasteiger partial charge is 0.275 e. The summed E-state index contributed by atoms with van der Waals surface area (Å²) in [6.07, 6.45) is 1.95. The Kier molecular flexibility index (Phi) is 1.57. The molecule has 0 amide bonds. The number of benzene rings is 1. The van der Waals surface area contributed by atoms with Crippen LogP contribution in [0.1, 0.15) is 5.56 Å². The first kappa shape index (κ1) is 7.28. The Morgan fingerprint density at radius 2 is 2.25 bits per heavy atom. The van der Waals surface area contributed by atoms with Gasteiger partial charge in [-0.3, -0.25) is 0 Å². The van der Waals surface area contributed by atoms with E-state index in [0.29, 0.717) is 12.6 Å². The van der Waals surface area contributed by atoms with Crippen LogP contribution in [0.3, 0.4) is 0 Å². The molecule has 3 heteroatoms. The minimum Gasteiger partial charge on any atom is -0.507 e. The molecule has 0 saturated heterocycles. The van der Waals surface area contributed by atoms with Gasteiger partial charge in [-0.05, 0) is 12.1 Å². The minimum absolute atomic E-state index is 0.336. The highest BCUT2D eigenvalue weighted by Gasteiger charge is 2.13. The van der Waals surface area contributed by atoms with E-state index in [1.807, 2.05) is 24.2 Å². The molecule has 12 heavy (non-hydrogen) atoms. The third-order valence-corrected chi connectivity index (χ3v) is 2.02. The van der Waals surface area contributed by atoms with Gasteiger partial charge in [-0.2, -0.15) is 0 Å². The molecular weight excluding hydrogens is 149 g/mol. The molecule has 1 heterocycles. The number of hydrogen-bond donors (Lipinski definition) is 2. The van der Waals surface area contributed by atoms with Gasteiger partial charge in [0.2, 0.25) is 0 Å². The summed E-state index contributed by atoms with van der Waals surface area (Å²) in [4.78, 5) is 0. The highest BCUT2D eigenvalue weighted by atomic mass is 16.3. The number of nitrogens with one attached hydrogen (secondary N) is 1. The van der Waals surface area contributed by atoms with E-state index >= 15 is 0 Å². The van der Waals surface area contributed by atoms with Gasteiger partial charge in [-0.25, -0.2) is 0 Å². The summed E-state index contributed by atoms with van der Waals surface area (Å²) in [5.74, 6) is 2.37. The zero-order valence-corrected chi connectivity index (χ0v) is 6.91. The minimum atomic E-state index is 0.336. The van der Waals surface area contributed by atoms with E-state index < -0.39 is 0 Å². The number of rotatable bonds is 0. The lowest BCUT2D eigenvalue weighted by molar-refractivity contribution is 0.474. The molecule has 1 aliphatic rings. The summed E-state index contributed by atoms with van der Waals surface area (Å²) in [5.41, 5.74) is 1.89. The molecule has 2 N–H and O–H groups in total. The van der Waals surface area contributed by atoms with Crippen molar-refractivity contribution < 1.29 is 5.11 Å². The molecule has 0 spiro atoms. The summed E-state index contributed by atoms with van der Waals surface area (Å²) in [6.45, 7) is 2.42. The molecule has 2 nitrogen and oxygen atoms in total. The van der Waals surface area contributed by atoms with Crippen LogP contribution in [0.4, 0.5) is 5.69 Å². The number of aromatic hydroxyl groups is 1. The van der Waals surface area contributed by atoms with Crippen molar-refractivity contribution in [3.05, 3.63) is 29.7 Å². The number of anilines is 1. The second kappa shape index (κ2) is 2.59. The average molecular weight is 159 g/mol. The van der Waals surface area contributed by atoms with Gasteiger partial charge >= 0.3 is 0 Å².